The molecule has 2 saturated heterocycles. The number of rotatable bonds is 8. The van der Waals surface area contributed by atoms with Crippen LogP contribution in [0.4, 0.5) is 5.69 Å². The molecule has 0 unspecified atom stereocenters. The zero-order chi connectivity index (χ0) is 25.4. The molecule has 8 heteroatoms. The van der Waals surface area contributed by atoms with Gasteiger partial charge in [-0.1, -0.05) is 72.3 Å². The van der Waals surface area contributed by atoms with Crippen LogP contribution in [0.1, 0.15) is 12.5 Å². The maximum Gasteiger partial charge on any atom is 0.312 e. The number of hydrogen-bond donors (Lipinski definition) is 0. The number of nitrogens with zero attached hydrogens (tertiary/aromatic N) is 2. The second-order valence-corrected chi connectivity index (χ2v) is 9.51. The first-order chi connectivity index (χ1) is 17.4. The summed E-state index contributed by atoms with van der Waals surface area (Å²) in [5.41, 5.74) is 0.0190. The number of carbonyl (C=O) groups is 3. The molecule has 2 bridgehead atoms. The summed E-state index contributed by atoms with van der Waals surface area (Å²) in [6.07, 6.45) is 4.54. The number of halogens is 1. The SMILES string of the molecule is C=CCN(Cc1ccccc1)C(=O)[C@@H]1N(c2ccccc2Cl)C(=O)[C@H]2[C@H](C(=O)OCC)[C@@H]3C=C[C@]12O3. The smallest absolute Gasteiger partial charge is 0.312 e. The molecule has 3 aliphatic heterocycles. The van der Waals surface area contributed by atoms with E-state index in [-0.39, 0.29) is 25.0 Å². The third-order valence-corrected chi connectivity index (χ3v) is 7.38. The number of anilines is 1. The van der Waals surface area contributed by atoms with E-state index in [1.54, 1.807) is 54.3 Å². The molecule has 0 N–H and O–H groups in total. The van der Waals surface area contributed by atoms with Gasteiger partial charge < -0.3 is 14.4 Å². The van der Waals surface area contributed by atoms with Crippen molar-refractivity contribution in [2.24, 2.45) is 11.8 Å². The van der Waals surface area contributed by atoms with Gasteiger partial charge in [0, 0.05) is 13.1 Å². The summed E-state index contributed by atoms with van der Waals surface area (Å²) in [5.74, 6) is -2.95. The quantitative estimate of drug-likeness (QED) is 0.402. The Balaban J connectivity index is 1.61. The van der Waals surface area contributed by atoms with Gasteiger partial charge in [0.25, 0.3) is 0 Å². The fourth-order valence-corrected chi connectivity index (χ4v) is 5.86. The lowest BCUT2D eigenvalue weighted by atomic mass is 9.74. The van der Waals surface area contributed by atoms with E-state index < -0.39 is 35.6 Å². The van der Waals surface area contributed by atoms with Crippen molar-refractivity contribution in [3.63, 3.8) is 0 Å². The van der Waals surface area contributed by atoms with Gasteiger partial charge in [-0.2, -0.15) is 0 Å². The van der Waals surface area contributed by atoms with Gasteiger partial charge >= 0.3 is 5.97 Å². The Labute approximate surface area is 214 Å². The minimum absolute atomic E-state index is 0.181. The molecule has 2 aromatic carbocycles. The first kappa shape index (κ1) is 24.3. The Morgan fingerprint density at radius 1 is 1.19 bits per heavy atom. The van der Waals surface area contributed by atoms with Crippen molar-refractivity contribution in [1.29, 1.82) is 0 Å². The second kappa shape index (κ2) is 9.56. The minimum Gasteiger partial charge on any atom is -0.466 e. The molecule has 2 amide bonds. The predicted octanol–water partition coefficient (Wildman–Crippen LogP) is 3.77. The van der Waals surface area contributed by atoms with Gasteiger partial charge in [-0.15, -0.1) is 6.58 Å². The van der Waals surface area contributed by atoms with Crippen LogP contribution in [0, 0.1) is 11.8 Å². The number of carbonyl (C=O) groups excluding carboxylic acids is 3. The third-order valence-electron chi connectivity index (χ3n) is 7.06. The Bertz CT molecular complexity index is 1230. The molecule has 3 aliphatic rings. The van der Waals surface area contributed by atoms with E-state index in [1.165, 1.54) is 4.90 Å². The molecular formula is C28H27ClN2O5. The van der Waals surface area contributed by atoms with E-state index in [0.29, 0.717) is 17.3 Å². The predicted molar refractivity (Wildman–Crippen MR) is 135 cm³/mol. The molecule has 7 nitrogen and oxygen atoms in total. The third kappa shape index (κ3) is 3.74. The average Bonchev–Trinajstić information content (AvgIpc) is 3.52. The molecule has 0 saturated carbocycles. The van der Waals surface area contributed by atoms with Gasteiger partial charge in [-0.25, -0.2) is 0 Å². The van der Waals surface area contributed by atoms with Gasteiger partial charge in [0.2, 0.25) is 11.8 Å². The van der Waals surface area contributed by atoms with Gasteiger partial charge in [0.15, 0.2) is 0 Å². The van der Waals surface area contributed by atoms with E-state index >= 15 is 0 Å². The molecule has 186 valence electrons. The summed E-state index contributed by atoms with van der Waals surface area (Å²) in [5, 5.41) is 0.324. The van der Waals surface area contributed by atoms with Crippen LogP contribution in [0.25, 0.3) is 0 Å². The van der Waals surface area contributed by atoms with Crippen LogP contribution < -0.4 is 4.90 Å². The van der Waals surface area contributed by atoms with Gasteiger partial charge in [0.05, 0.1) is 29.3 Å². The lowest BCUT2D eigenvalue weighted by Crippen LogP contribution is -2.55. The second-order valence-electron chi connectivity index (χ2n) is 9.11. The molecule has 0 aliphatic carbocycles. The van der Waals surface area contributed by atoms with Crippen LogP contribution in [0.5, 0.6) is 0 Å². The average molecular weight is 507 g/mol. The van der Waals surface area contributed by atoms with Crippen molar-refractivity contribution in [2.75, 3.05) is 18.1 Å². The topological polar surface area (TPSA) is 76.2 Å². The van der Waals surface area contributed by atoms with E-state index in [2.05, 4.69) is 6.58 Å². The Hall–Kier alpha value is -3.42. The fraction of sp³-hybridized carbons (Fsp3) is 0.321. The number of hydrogen-bond acceptors (Lipinski definition) is 5. The van der Waals surface area contributed by atoms with Gasteiger partial charge in [-0.05, 0) is 24.6 Å². The molecular weight excluding hydrogens is 480 g/mol. The molecule has 0 radical (unpaired) electrons. The number of para-hydroxylation sites is 1. The van der Waals surface area contributed by atoms with Gasteiger partial charge in [-0.3, -0.25) is 19.3 Å². The first-order valence-corrected chi connectivity index (χ1v) is 12.4. The summed E-state index contributed by atoms with van der Waals surface area (Å²) in [6.45, 7) is 6.31. The number of esters is 1. The lowest BCUT2D eigenvalue weighted by molar-refractivity contribution is -0.151. The van der Waals surface area contributed by atoms with Crippen LogP contribution in [0.3, 0.4) is 0 Å². The van der Waals surface area contributed by atoms with Crippen LogP contribution in [-0.4, -0.2) is 53.6 Å². The normalized spacial score (nSPS) is 27.7. The lowest BCUT2D eigenvalue weighted by Gasteiger charge is -2.36. The highest BCUT2D eigenvalue weighted by Gasteiger charge is 2.73. The Morgan fingerprint density at radius 3 is 2.61 bits per heavy atom. The maximum atomic E-state index is 14.3. The monoisotopic (exact) mass is 506 g/mol. The fourth-order valence-electron chi connectivity index (χ4n) is 5.63. The van der Waals surface area contributed by atoms with Crippen molar-refractivity contribution in [3.8, 4) is 0 Å². The zero-order valence-electron chi connectivity index (χ0n) is 19.9. The first-order valence-electron chi connectivity index (χ1n) is 12.0. The number of ether oxygens (including phenoxy) is 2. The van der Waals surface area contributed by atoms with Crippen molar-refractivity contribution >= 4 is 35.1 Å². The van der Waals surface area contributed by atoms with Crippen LogP contribution in [-0.2, 0) is 30.4 Å². The minimum atomic E-state index is -1.31. The van der Waals surface area contributed by atoms with Crippen molar-refractivity contribution in [1.82, 2.24) is 4.90 Å². The van der Waals surface area contributed by atoms with E-state index in [9.17, 15) is 14.4 Å². The summed E-state index contributed by atoms with van der Waals surface area (Å²) >= 11 is 6.53. The summed E-state index contributed by atoms with van der Waals surface area (Å²) in [7, 11) is 0. The van der Waals surface area contributed by atoms with Crippen LogP contribution in [0.15, 0.2) is 79.4 Å². The number of fused-ring (bicyclic) bond motifs is 1. The highest BCUT2D eigenvalue weighted by atomic mass is 35.5. The maximum absolute atomic E-state index is 14.3. The largest absolute Gasteiger partial charge is 0.466 e. The number of amides is 2. The molecule has 5 atom stereocenters. The number of benzene rings is 2. The van der Waals surface area contributed by atoms with Crippen LogP contribution in [0.2, 0.25) is 5.02 Å². The highest BCUT2D eigenvalue weighted by molar-refractivity contribution is 6.34. The standard InChI is InChI=1S/C28H27ClN2O5/c1-3-16-30(17-18-10-6-5-7-11-18)26(33)24-28-15-14-21(36-28)22(27(34)35-4-2)23(28)25(32)31(24)20-13-9-8-12-19(20)29/h3,5-15,21-24H,1,4,16-17H2,2H3/t21-,22+,23+,24-,28+/m0/s1. The van der Waals surface area contributed by atoms with E-state index in [4.69, 9.17) is 21.1 Å². The van der Waals surface area contributed by atoms with Crippen molar-refractivity contribution < 1.29 is 23.9 Å². The highest BCUT2D eigenvalue weighted by Crippen LogP contribution is 2.56. The molecule has 2 fully saturated rings. The zero-order valence-corrected chi connectivity index (χ0v) is 20.6. The molecule has 1 spiro atoms. The molecule has 3 heterocycles. The Kier molecular flexibility index (Phi) is 6.45. The molecule has 2 aromatic rings. The van der Waals surface area contributed by atoms with Crippen molar-refractivity contribution in [2.45, 2.75) is 31.2 Å². The van der Waals surface area contributed by atoms with E-state index in [1.807, 2.05) is 30.3 Å². The molecule has 5 rings (SSSR count). The van der Waals surface area contributed by atoms with Crippen molar-refractivity contribution in [3.05, 3.63) is 90.0 Å². The summed E-state index contributed by atoms with van der Waals surface area (Å²) < 4.78 is 11.6. The molecule has 0 aromatic heterocycles. The Morgan fingerprint density at radius 2 is 1.92 bits per heavy atom. The van der Waals surface area contributed by atoms with Crippen LogP contribution >= 0.6 is 11.6 Å². The molecule has 36 heavy (non-hydrogen) atoms. The van der Waals surface area contributed by atoms with Gasteiger partial charge in [0.1, 0.15) is 17.6 Å². The summed E-state index contributed by atoms with van der Waals surface area (Å²) in [6, 6.07) is 15.4. The van der Waals surface area contributed by atoms with E-state index in [0.717, 1.165) is 5.56 Å². The summed E-state index contributed by atoms with van der Waals surface area (Å²) in [4.78, 5) is 44.4.